The fourth-order valence-corrected chi connectivity index (χ4v) is 2.62. The van der Waals surface area contributed by atoms with Crippen LogP contribution in [0.2, 0.25) is 0 Å². The summed E-state index contributed by atoms with van der Waals surface area (Å²) in [5.41, 5.74) is 3.42. The molecule has 0 atom stereocenters. The number of phenols is 1. The van der Waals surface area contributed by atoms with Crippen molar-refractivity contribution in [2.24, 2.45) is 4.99 Å². The highest BCUT2D eigenvalue weighted by Gasteiger charge is 1.99. The molecular weight excluding hydrogens is 380 g/mol. The van der Waals surface area contributed by atoms with E-state index < -0.39 is 0 Å². The maximum atomic E-state index is 9.83. The van der Waals surface area contributed by atoms with Gasteiger partial charge >= 0.3 is 0 Å². The van der Waals surface area contributed by atoms with E-state index in [9.17, 15) is 5.11 Å². The molecule has 0 amide bonds. The second-order valence-corrected chi connectivity index (χ2v) is 6.28. The number of phenolic OH excluding ortho intramolecular Hbond substituents is 1. The van der Waals surface area contributed by atoms with Gasteiger partial charge in [-0.2, -0.15) is 0 Å². The minimum absolute atomic E-state index is 0.199. The molecule has 0 aliphatic rings. The second-order valence-electron chi connectivity index (χ2n) is 5.36. The van der Waals surface area contributed by atoms with Crippen molar-refractivity contribution in [2.75, 3.05) is 12.4 Å². The van der Waals surface area contributed by atoms with Crippen LogP contribution in [-0.2, 0) is 0 Å². The Morgan fingerprint density at radius 3 is 2.24 bits per heavy atom. The van der Waals surface area contributed by atoms with Gasteiger partial charge < -0.3 is 15.2 Å². The first-order chi connectivity index (χ1) is 12.1. The van der Waals surface area contributed by atoms with Crippen molar-refractivity contribution in [2.45, 2.75) is 0 Å². The second kappa shape index (κ2) is 7.85. The van der Waals surface area contributed by atoms with Crippen molar-refractivity contribution < 1.29 is 9.84 Å². The monoisotopic (exact) mass is 396 g/mol. The molecule has 0 bridgehead atoms. The minimum Gasteiger partial charge on any atom is -0.507 e. The van der Waals surface area contributed by atoms with Crippen LogP contribution in [0, 0.1) is 0 Å². The van der Waals surface area contributed by atoms with E-state index in [1.165, 1.54) is 0 Å². The van der Waals surface area contributed by atoms with Crippen LogP contribution in [0.25, 0.3) is 0 Å². The van der Waals surface area contributed by atoms with Crippen molar-refractivity contribution in [3.8, 4) is 11.5 Å². The summed E-state index contributed by atoms with van der Waals surface area (Å²) in [5, 5.41) is 13.1. The highest BCUT2D eigenvalue weighted by molar-refractivity contribution is 9.10. The standard InChI is InChI=1S/C20H17BrN2O2/c1-25-19-9-7-18(8-10-19)23-17-5-3-16(4-6-17)22-13-14-12-15(21)2-11-20(14)24/h2-13,23-24H,1H3. The molecule has 126 valence electrons. The van der Waals surface area contributed by atoms with E-state index in [0.717, 1.165) is 27.3 Å². The van der Waals surface area contributed by atoms with Crippen molar-refractivity contribution in [1.29, 1.82) is 0 Å². The number of methoxy groups -OCH3 is 1. The molecule has 2 N–H and O–H groups in total. The molecule has 5 heteroatoms. The lowest BCUT2D eigenvalue weighted by molar-refractivity contribution is 0.415. The largest absolute Gasteiger partial charge is 0.507 e. The van der Waals surface area contributed by atoms with Crippen LogP contribution in [0.4, 0.5) is 17.1 Å². The van der Waals surface area contributed by atoms with Crippen molar-refractivity contribution >= 4 is 39.2 Å². The molecule has 25 heavy (non-hydrogen) atoms. The molecule has 0 saturated carbocycles. The maximum absolute atomic E-state index is 9.83. The average molecular weight is 397 g/mol. The van der Waals surface area contributed by atoms with E-state index in [0.29, 0.717) is 5.56 Å². The molecule has 0 saturated heterocycles. The predicted molar refractivity (Wildman–Crippen MR) is 106 cm³/mol. The topological polar surface area (TPSA) is 53.8 Å². The lowest BCUT2D eigenvalue weighted by atomic mass is 10.2. The zero-order valence-electron chi connectivity index (χ0n) is 13.6. The van der Waals surface area contributed by atoms with E-state index in [1.54, 1.807) is 25.5 Å². The highest BCUT2D eigenvalue weighted by Crippen LogP contribution is 2.24. The quantitative estimate of drug-likeness (QED) is 0.547. The molecule has 3 aromatic rings. The van der Waals surface area contributed by atoms with E-state index in [-0.39, 0.29) is 5.75 Å². The van der Waals surface area contributed by atoms with Gasteiger partial charge in [-0.15, -0.1) is 0 Å². The molecule has 0 fully saturated rings. The summed E-state index contributed by atoms with van der Waals surface area (Å²) in [4.78, 5) is 4.40. The van der Waals surface area contributed by atoms with Crippen LogP contribution in [0.5, 0.6) is 11.5 Å². The Morgan fingerprint density at radius 2 is 1.60 bits per heavy atom. The molecule has 0 spiro atoms. The fraction of sp³-hybridized carbons (Fsp3) is 0.0500. The van der Waals surface area contributed by atoms with E-state index in [2.05, 4.69) is 26.2 Å². The number of aromatic hydroxyl groups is 1. The summed E-state index contributed by atoms with van der Waals surface area (Å²) in [6.45, 7) is 0. The highest BCUT2D eigenvalue weighted by atomic mass is 79.9. The van der Waals surface area contributed by atoms with E-state index >= 15 is 0 Å². The lowest BCUT2D eigenvalue weighted by Gasteiger charge is -2.07. The van der Waals surface area contributed by atoms with E-state index in [4.69, 9.17) is 4.74 Å². The Morgan fingerprint density at radius 1 is 0.960 bits per heavy atom. The van der Waals surface area contributed by atoms with Gasteiger partial charge in [0.2, 0.25) is 0 Å². The first-order valence-corrected chi connectivity index (χ1v) is 8.47. The van der Waals surface area contributed by atoms with Gasteiger partial charge in [0.05, 0.1) is 12.8 Å². The molecule has 0 unspecified atom stereocenters. The number of nitrogens with one attached hydrogen (secondary N) is 1. The Kier molecular flexibility index (Phi) is 5.36. The van der Waals surface area contributed by atoms with Crippen LogP contribution < -0.4 is 10.1 Å². The van der Waals surface area contributed by atoms with Crippen molar-refractivity contribution in [3.63, 3.8) is 0 Å². The number of hydrogen-bond donors (Lipinski definition) is 2. The van der Waals surface area contributed by atoms with Gasteiger partial charge in [-0.1, -0.05) is 15.9 Å². The minimum atomic E-state index is 0.199. The molecule has 4 nitrogen and oxygen atoms in total. The summed E-state index contributed by atoms with van der Waals surface area (Å²) >= 11 is 3.38. The predicted octanol–water partition coefficient (Wildman–Crippen LogP) is 5.66. The third-order valence-electron chi connectivity index (χ3n) is 3.59. The van der Waals surface area contributed by atoms with Gasteiger partial charge in [-0.05, 0) is 66.7 Å². The van der Waals surface area contributed by atoms with Crippen molar-refractivity contribution in [1.82, 2.24) is 0 Å². The fourth-order valence-electron chi connectivity index (χ4n) is 2.24. The molecule has 0 aromatic heterocycles. The first kappa shape index (κ1) is 17.0. The molecule has 0 aliphatic heterocycles. The number of hydrogen-bond acceptors (Lipinski definition) is 4. The van der Waals surface area contributed by atoms with Gasteiger partial charge in [0.25, 0.3) is 0 Å². The van der Waals surface area contributed by atoms with Crippen molar-refractivity contribution in [3.05, 3.63) is 76.8 Å². The van der Waals surface area contributed by atoms with Gasteiger partial charge in [0.1, 0.15) is 11.5 Å². The van der Waals surface area contributed by atoms with Gasteiger partial charge in [0.15, 0.2) is 0 Å². The number of ether oxygens (including phenoxy) is 1. The summed E-state index contributed by atoms with van der Waals surface area (Å²) < 4.78 is 6.04. The number of halogens is 1. The molecule has 3 aromatic carbocycles. The SMILES string of the molecule is COc1ccc(Nc2ccc(N=Cc3cc(Br)ccc3O)cc2)cc1. The Bertz CT molecular complexity index is 875. The zero-order valence-corrected chi connectivity index (χ0v) is 15.2. The molecule has 0 heterocycles. The van der Waals surface area contributed by atoms with Crippen LogP contribution in [-0.4, -0.2) is 18.4 Å². The Hall–Kier alpha value is -2.79. The van der Waals surface area contributed by atoms with Gasteiger partial charge in [-0.3, -0.25) is 4.99 Å². The summed E-state index contributed by atoms with van der Waals surface area (Å²) in [5.74, 6) is 1.02. The lowest BCUT2D eigenvalue weighted by Crippen LogP contribution is -1.90. The third kappa shape index (κ3) is 4.61. The van der Waals surface area contributed by atoms with Gasteiger partial charge in [0, 0.05) is 27.6 Å². The number of anilines is 2. The normalized spacial score (nSPS) is 10.8. The molecule has 0 radical (unpaired) electrons. The Labute approximate surface area is 154 Å². The maximum Gasteiger partial charge on any atom is 0.124 e. The smallest absolute Gasteiger partial charge is 0.124 e. The van der Waals surface area contributed by atoms with E-state index in [1.807, 2.05) is 54.6 Å². The molecule has 0 aliphatic carbocycles. The number of rotatable bonds is 5. The number of benzene rings is 3. The Balaban J connectivity index is 1.69. The molecular formula is C20H17BrN2O2. The van der Waals surface area contributed by atoms with Crippen LogP contribution in [0.3, 0.4) is 0 Å². The van der Waals surface area contributed by atoms with Crippen LogP contribution >= 0.6 is 15.9 Å². The number of aliphatic imine (C=N–C) groups is 1. The summed E-state index contributed by atoms with van der Waals surface area (Å²) in [7, 11) is 1.65. The third-order valence-corrected chi connectivity index (χ3v) is 4.08. The summed E-state index contributed by atoms with van der Waals surface area (Å²) in [6, 6.07) is 20.7. The zero-order chi connectivity index (χ0) is 17.6. The van der Waals surface area contributed by atoms with Crippen LogP contribution in [0.15, 0.2) is 76.2 Å². The van der Waals surface area contributed by atoms with Gasteiger partial charge in [-0.25, -0.2) is 0 Å². The molecule has 3 rings (SSSR count). The first-order valence-electron chi connectivity index (χ1n) is 7.68. The van der Waals surface area contributed by atoms with Crippen LogP contribution in [0.1, 0.15) is 5.56 Å². The average Bonchev–Trinajstić information content (AvgIpc) is 2.64. The summed E-state index contributed by atoms with van der Waals surface area (Å²) in [6.07, 6.45) is 1.64. The number of nitrogens with zero attached hydrogens (tertiary/aromatic N) is 1.